The minimum absolute atomic E-state index is 0.235. The first-order valence-corrected chi connectivity index (χ1v) is 10.1. The highest BCUT2D eigenvalue weighted by atomic mass is 16.1. The van der Waals surface area contributed by atoms with E-state index in [0.717, 1.165) is 30.9 Å². The van der Waals surface area contributed by atoms with Gasteiger partial charge in [0.05, 0.1) is 23.3 Å². The molecule has 1 saturated heterocycles. The molecule has 3 aromatic rings. The lowest BCUT2D eigenvalue weighted by Crippen LogP contribution is -2.27. The molecule has 0 spiro atoms. The number of primary amides is 1. The molecule has 0 bridgehead atoms. The number of fused-ring (bicyclic) bond motifs is 1. The van der Waals surface area contributed by atoms with Crippen LogP contribution in [0.1, 0.15) is 28.8 Å². The highest BCUT2D eigenvalue weighted by Gasteiger charge is 2.18. The zero-order chi connectivity index (χ0) is 22.1. The lowest BCUT2D eigenvalue weighted by atomic mass is 10.1. The molecule has 1 aliphatic rings. The topological polar surface area (TPSA) is 156 Å². The van der Waals surface area contributed by atoms with E-state index in [-0.39, 0.29) is 5.56 Å². The van der Waals surface area contributed by atoms with Gasteiger partial charge in [-0.15, -0.1) is 0 Å². The van der Waals surface area contributed by atoms with Gasteiger partial charge < -0.3 is 27.1 Å². The third kappa shape index (κ3) is 4.05. The number of amides is 1. The number of aromatic nitrogens is 3. The number of hydrogen-bond acceptors (Lipinski definition) is 9. The van der Waals surface area contributed by atoms with Crippen molar-refractivity contribution in [2.24, 2.45) is 11.6 Å². The van der Waals surface area contributed by atoms with E-state index < -0.39 is 5.91 Å². The number of hydrazine groups is 1. The summed E-state index contributed by atoms with van der Waals surface area (Å²) >= 11 is 0. The average molecular weight is 425 g/mol. The van der Waals surface area contributed by atoms with Gasteiger partial charge in [0.1, 0.15) is 17.2 Å². The normalized spacial score (nSPS) is 14.2. The van der Waals surface area contributed by atoms with Crippen molar-refractivity contribution in [1.29, 1.82) is 0 Å². The van der Waals surface area contributed by atoms with E-state index in [9.17, 15) is 4.79 Å². The van der Waals surface area contributed by atoms with Crippen molar-refractivity contribution in [2.75, 3.05) is 48.6 Å². The lowest BCUT2D eigenvalue weighted by molar-refractivity contribution is 0.100. The molecule has 0 atom stereocenters. The summed E-state index contributed by atoms with van der Waals surface area (Å²) in [6, 6.07) is 5.80. The van der Waals surface area contributed by atoms with Crippen LogP contribution >= 0.6 is 0 Å². The molecule has 3 heterocycles. The number of likely N-dealkylation sites (tertiary alicyclic amines) is 1. The van der Waals surface area contributed by atoms with Crippen LogP contribution in [0, 0.1) is 0 Å². The molecule has 31 heavy (non-hydrogen) atoms. The van der Waals surface area contributed by atoms with Gasteiger partial charge in [0.25, 0.3) is 5.91 Å². The van der Waals surface area contributed by atoms with Crippen molar-refractivity contribution < 1.29 is 4.79 Å². The Bertz CT molecular complexity index is 1120. The predicted octanol–water partition coefficient (Wildman–Crippen LogP) is 1.10. The van der Waals surface area contributed by atoms with Crippen molar-refractivity contribution in [1.82, 2.24) is 19.5 Å². The van der Waals surface area contributed by atoms with Gasteiger partial charge in [-0.3, -0.25) is 9.69 Å². The summed E-state index contributed by atoms with van der Waals surface area (Å²) in [6.07, 6.45) is 3.84. The molecule has 11 nitrogen and oxygen atoms in total. The van der Waals surface area contributed by atoms with Gasteiger partial charge in [0, 0.05) is 26.7 Å². The second-order valence-electron chi connectivity index (χ2n) is 7.73. The number of benzene rings is 1. The van der Waals surface area contributed by atoms with Crippen LogP contribution in [0.3, 0.4) is 0 Å². The van der Waals surface area contributed by atoms with Gasteiger partial charge in [-0.1, -0.05) is 0 Å². The van der Waals surface area contributed by atoms with Crippen LogP contribution in [-0.4, -0.2) is 52.6 Å². The molecule has 0 aliphatic carbocycles. The molecule has 0 radical (unpaired) electrons. The highest BCUT2D eigenvalue weighted by Crippen LogP contribution is 2.34. The fraction of sp³-hybridized carbons (Fsp3) is 0.350. The van der Waals surface area contributed by atoms with E-state index in [2.05, 4.69) is 25.6 Å². The zero-order valence-electron chi connectivity index (χ0n) is 17.7. The second-order valence-corrected chi connectivity index (χ2v) is 7.73. The van der Waals surface area contributed by atoms with Crippen molar-refractivity contribution in [3.8, 4) is 0 Å². The summed E-state index contributed by atoms with van der Waals surface area (Å²) in [4.78, 5) is 18.7. The molecule has 0 saturated carbocycles. The van der Waals surface area contributed by atoms with E-state index in [1.54, 1.807) is 20.2 Å². The third-order valence-electron chi connectivity index (χ3n) is 5.46. The van der Waals surface area contributed by atoms with E-state index >= 15 is 0 Å². The number of hydrogen-bond donors (Lipinski definition) is 5. The van der Waals surface area contributed by atoms with Gasteiger partial charge in [-0.25, -0.2) is 10.8 Å². The molecular weight excluding hydrogens is 396 g/mol. The van der Waals surface area contributed by atoms with Crippen molar-refractivity contribution in [3.05, 3.63) is 35.5 Å². The highest BCUT2D eigenvalue weighted by molar-refractivity contribution is 5.99. The van der Waals surface area contributed by atoms with E-state index in [4.69, 9.17) is 17.3 Å². The molecule has 1 amide bonds. The number of carbonyl (C=O) groups is 1. The Morgan fingerprint density at radius 1 is 1.26 bits per heavy atom. The van der Waals surface area contributed by atoms with Crippen LogP contribution < -0.4 is 33.0 Å². The molecule has 2 aromatic heterocycles. The number of nitrogens with two attached hydrogens (primary N) is 3. The van der Waals surface area contributed by atoms with Crippen molar-refractivity contribution >= 4 is 40.3 Å². The first-order chi connectivity index (χ1) is 14.9. The smallest absolute Gasteiger partial charge is 0.254 e. The lowest BCUT2D eigenvalue weighted by Gasteiger charge is -2.22. The Labute approximate surface area is 180 Å². The average Bonchev–Trinajstić information content (AvgIpc) is 3.39. The zero-order valence-corrected chi connectivity index (χ0v) is 17.7. The van der Waals surface area contributed by atoms with Crippen LogP contribution in [0.2, 0.25) is 0 Å². The summed E-state index contributed by atoms with van der Waals surface area (Å²) in [6.45, 7) is 2.99. The fourth-order valence-corrected chi connectivity index (χ4v) is 3.90. The van der Waals surface area contributed by atoms with Gasteiger partial charge in [0.2, 0.25) is 0 Å². The van der Waals surface area contributed by atoms with Crippen LogP contribution in [0.5, 0.6) is 0 Å². The third-order valence-corrected chi connectivity index (χ3v) is 5.46. The molecule has 1 aromatic carbocycles. The standard InChI is InChI=1S/C20H28N10O/c1-24-17-9-16(27-20-13(19(22)31)10-25-30(17)20)26-14-7-12(11-29-5-3-4-6-29)8-15(18(14)21)28(2)23/h7-10,24H,3-6,11,21,23H2,1-2H3,(H2,22,31)(H,26,27). The van der Waals surface area contributed by atoms with Crippen molar-refractivity contribution in [2.45, 2.75) is 19.4 Å². The second kappa shape index (κ2) is 8.28. The van der Waals surface area contributed by atoms with Crippen LogP contribution in [-0.2, 0) is 6.54 Å². The summed E-state index contributed by atoms with van der Waals surface area (Å²) in [5.41, 5.74) is 15.5. The molecule has 164 valence electrons. The minimum atomic E-state index is -0.596. The van der Waals surface area contributed by atoms with Gasteiger partial charge >= 0.3 is 0 Å². The summed E-state index contributed by atoms with van der Waals surface area (Å²) in [5, 5.41) is 12.0. The number of nitrogens with one attached hydrogen (secondary N) is 2. The number of nitrogen functional groups attached to an aromatic ring is 1. The van der Waals surface area contributed by atoms with E-state index in [0.29, 0.717) is 28.7 Å². The fourth-order valence-electron chi connectivity index (χ4n) is 3.90. The predicted molar refractivity (Wildman–Crippen MR) is 122 cm³/mol. The Morgan fingerprint density at radius 3 is 2.65 bits per heavy atom. The maximum atomic E-state index is 11.8. The molecule has 4 rings (SSSR count). The first-order valence-electron chi connectivity index (χ1n) is 10.1. The monoisotopic (exact) mass is 424 g/mol. The maximum Gasteiger partial charge on any atom is 0.254 e. The van der Waals surface area contributed by atoms with Crippen molar-refractivity contribution in [3.63, 3.8) is 0 Å². The Kier molecular flexibility index (Phi) is 5.53. The number of carbonyl (C=O) groups excluding carboxylic acids is 1. The minimum Gasteiger partial charge on any atom is -0.395 e. The van der Waals surface area contributed by atoms with Crippen LogP contribution in [0.25, 0.3) is 5.65 Å². The number of nitrogens with zero attached hydrogens (tertiary/aromatic N) is 5. The van der Waals surface area contributed by atoms with Crippen LogP contribution in [0.15, 0.2) is 24.4 Å². The molecule has 0 unspecified atom stereocenters. The molecule has 11 heteroatoms. The van der Waals surface area contributed by atoms with Crippen LogP contribution in [0.4, 0.5) is 28.7 Å². The largest absolute Gasteiger partial charge is 0.395 e. The first kappa shape index (κ1) is 20.7. The van der Waals surface area contributed by atoms with Gasteiger partial charge in [0.15, 0.2) is 5.65 Å². The number of anilines is 5. The van der Waals surface area contributed by atoms with E-state index in [1.165, 1.54) is 28.6 Å². The Morgan fingerprint density at radius 2 is 2.00 bits per heavy atom. The molecule has 1 fully saturated rings. The molecule has 8 N–H and O–H groups in total. The Balaban J connectivity index is 1.75. The summed E-state index contributed by atoms with van der Waals surface area (Å²) in [5.74, 6) is 6.58. The quantitative estimate of drug-likeness (QED) is 0.213. The maximum absolute atomic E-state index is 11.8. The number of rotatable bonds is 7. The Hall–Kier alpha value is -3.57. The molecular formula is C20H28N10O. The summed E-state index contributed by atoms with van der Waals surface area (Å²) in [7, 11) is 3.51. The SMILES string of the molecule is CNc1cc(Nc2cc(CN3CCCC3)cc(N(C)N)c2N)nc2c(C(N)=O)cnn12. The van der Waals surface area contributed by atoms with Gasteiger partial charge in [-0.05, 0) is 43.6 Å². The molecule has 1 aliphatic heterocycles. The summed E-state index contributed by atoms with van der Waals surface area (Å²) < 4.78 is 1.53. The van der Waals surface area contributed by atoms with E-state index in [1.807, 2.05) is 12.1 Å². The van der Waals surface area contributed by atoms with Gasteiger partial charge in [-0.2, -0.15) is 9.61 Å².